The number of rotatable bonds is 3. The maximum absolute atomic E-state index is 5.50. The summed E-state index contributed by atoms with van der Waals surface area (Å²) in [6.45, 7) is 0.506. The summed E-state index contributed by atoms with van der Waals surface area (Å²) in [6, 6.07) is 7.52. The number of aromatic nitrogens is 2. The van der Waals surface area contributed by atoms with Crippen LogP contribution in [-0.4, -0.2) is 9.97 Å². The average Bonchev–Trinajstić information content (AvgIpc) is 2.28. The van der Waals surface area contributed by atoms with Crippen LogP contribution < -0.4 is 4.74 Å². The Hall–Kier alpha value is -1.42. The molecule has 3 nitrogen and oxygen atoms in total. The van der Waals surface area contributed by atoms with Crippen molar-refractivity contribution in [2.45, 2.75) is 6.61 Å². The topological polar surface area (TPSA) is 35.0 Å². The van der Waals surface area contributed by atoms with Gasteiger partial charge in [-0.15, -0.1) is 0 Å². The van der Waals surface area contributed by atoms with Gasteiger partial charge in [0.05, 0.1) is 0 Å². The van der Waals surface area contributed by atoms with Gasteiger partial charge in [-0.1, -0.05) is 15.9 Å². The minimum atomic E-state index is 0.506. The summed E-state index contributed by atoms with van der Waals surface area (Å²) in [5.74, 6) is 0.612. The smallest absolute Gasteiger partial charge is 0.214 e. The van der Waals surface area contributed by atoms with Crippen molar-refractivity contribution < 1.29 is 4.74 Å². The maximum atomic E-state index is 5.50. The van der Waals surface area contributed by atoms with E-state index in [1.54, 1.807) is 18.6 Å². The fourth-order valence-electron chi connectivity index (χ4n) is 1.10. The first kappa shape index (κ1) is 10.1. The number of halogens is 1. The maximum Gasteiger partial charge on any atom is 0.214 e. The Labute approximate surface area is 96.3 Å². The molecule has 0 amide bonds. The van der Waals surface area contributed by atoms with E-state index in [2.05, 4.69) is 25.9 Å². The van der Waals surface area contributed by atoms with E-state index in [1.165, 1.54) is 0 Å². The van der Waals surface area contributed by atoms with Gasteiger partial charge in [0, 0.05) is 29.1 Å². The van der Waals surface area contributed by atoms with Gasteiger partial charge in [-0.05, 0) is 23.8 Å². The summed E-state index contributed by atoms with van der Waals surface area (Å²) in [7, 11) is 0. The number of hydrogen-bond donors (Lipinski definition) is 0. The Balaban J connectivity index is 1.99. The molecule has 0 aliphatic rings. The zero-order valence-corrected chi connectivity index (χ0v) is 9.52. The van der Waals surface area contributed by atoms with Crippen molar-refractivity contribution in [3.05, 3.63) is 52.9 Å². The quantitative estimate of drug-likeness (QED) is 0.855. The van der Waals surface area contributed by atoms with Crippen LogP contribution in [0.15, 0.2) is 47.3 Å². The van der Waals surface area contributed by atoms with Crippen LogP contribution in [0.1, 0.15) is 5.56 Å². The number of hydrogen-bond acceptors (Lipinski definition) is 3. The fourth-order valence-corrected chi connectivity index (χ4v) is 1.41. The van der Waals surface area contributed by atoms with Crippen molar-refractivity contribution in [2.75, 3.05) is 0 Å². The molecule has 2 aromatic rings. The van der Waals surface area contributed by atoms with Crippen molar-refractivity contribution >= 4 is 15.9 Å². The first-order valence-corrected chi connectivity index (χ1v) is 5.27. The van der Waals surface area contributed by atoms with Gasteiger partial charge in [-0.2, -0.15) is 0 Å². The van der Waals surface area contributed by atoms with Crippen LogP contribution in [0.5, 0.6) is 5.88 Å². The summed E-state index contributed by atoms with van der Waals surface area (Å²) in [4.78, 5) is 8.02. The zero-order valence-electron chi connectivity index (χ0n) is 7.93. The summed E-state index contributed by atoms with van der Waals surface area (Å²) in [6.07, 6.45) is 5.19. The molecule has 0 fully saturated rings. The molecule has 76 valence electrons. The molecular formula is C11H9BrN2O. The molecule has 2 heterocycles. The minimum absolute atomic E-state index is 0.506. The molecule has 0 unspecified atom stereocenters. The first-order valence-electron chi connectivity index (χ1n) is 4.48. The lowest BCUT2D eigenvalue weighted by molar-refractivity contribution is 0.293. The van der Waals surface area contributed by atoms with Gasteiger partial charge in [0.15, 0.2) is 0 Å². The molecule has 0 atom stereocenters. The lowest BCUT2D eigenvalue weighted by Crippen LogP contribution is -1.96. The van der Waals surface area contributed by atoms with E-state index < -0.39 is 0 Å². The normalized spacial score (nSPS) is 9.93. The molecule has 0 saturated carbocycles. The van der Waals surface area contributed by atoms with Gasteiger partial charge in [0.25, 0.3) is 0 Å². The average molecular weight is 265 g/mol. The highest BCUT2D eigenvalue weighted by Crippen LogP contribution is 2.15. The molecule has 0 aliphatic carbocycles. The summed E-state index contributed by atoms with van der Waals surface area (Å²) in [5, 5.41) is 0. The van der Waals surface area contributed by atoms with E-state index >= 15 is 0 Å². The molecule has 2 aromatic heterocycles. The molecule has 0 N–H and O–H groups in total. The van der Waals surface area contributed by atoms with E-state index in [9.17, 15) is 0 Å². The number of ether oxygens (including phenoxy) is 1. The van der Waals surface area contributed by atoms with Crippen molar-refractivity contribution in [2.24, 2.45) is 0 Å². The zero-order chi connectivity index (χ0) is 10.5. The van der Waals surface area contributed by atoms with E-state index in [4.69, 9.17) is 4.74 Å². The SMILES string of the molecule is Brc1ccnc(OCc2ccncc2)c1. The molecule has 0 bridgehead atoms. The van der Waals surface area contributed by atoms with Gasteiger partial charge >= 0.3 is 0 Å². The highest BCUT2D eigenvalue weighted by molar-refractivity contribution is 9.10. The van der Waals surface area contributed by atoms with Crippen LogP contribution in [0.3, 0.4) is 0 Å². The van der Waals surface area contributed by atoms with Gasteiger partial charge in [-0.3, -0.25) is 4.98 Å². The molecule has 0 radical (unpaired) electrons. The van der Waals surface area contributed by atoms with E-state index in [1.807, 2.05) is 24.3 Å². The van der Waals surface area contributed by atoms with Crippen molar-refractivity contribution in [1.29, 1.82) is 0 Å². The predicted molar refractivity (Wildman–Crippen MR) is 60.5 cm³/mol. The standard InChI is InChI=1S/C11H9BrN2O/c12-10-3-6-14-11(7-10)15-8-9-1-4-13-5-2-9/h1-7H,8H2. The van der Waals surface area contributed by atoms with Crippen LogP contribution >= 0.6 is 15.9 Å². The Kier molecular flexibility index (Phi) is 3.29. The van der Waals surface area contributed by atoms with E-state index in [-0.39, 0.29) is 0 Å². The third-order valence-electron chi connectivity index (χ3n) is 1.83. The second-order valence-corrected chi connectivity index (χ2v) is 3.87. The number of pyridine rings is 2. The Morgan fingerprint density at radius 3 is 2.67 bits per heavy atom. The van der Waals surface area contributed by atoms with Crippen LogP contribution in [0, 0.1) is 0 Å². The Morgan fingerprint density at radius 1 is 1.13 bits per heavy atom. The summed E-state index contributed by atoms with van der Waals surface area (Å²) < 4.78 is 6.46. The lowest BCUT2D eigenvalue weighted by atomic mass is 10.3. The number of nitrogens with zero attached hydrogens (tertiary/aromatic N) is 2. The molecule has 0 saturated heterocycles. The molecule has 4 heteroatoms. The van der Waals surface area contributed by atoms with Crippen LogP contribution in [0.25, 0.3) is 0 Å². The van der Waals surface area contributed by atoms with Crippen LogP contribution in [-0.2, 0) is 6.61 Å². The van der Waals surface area contributed by atoms with Gasteiger partial charge in [0.1, 0.15) is 6.61 Å². The molecule has 0 aromatic carbocycles. The molecule has 2 rings (SSSR count). The van der Waals surface area contributed by atoms with Crippen LogP contribution in [0.4, 0.5) is 0 Å². The monoisotopic (exact) mass is 264 g/mol. The van der Waals surface area contributed by atoms with Crippen molar-refractivity contribution in [3.8, 4) is 5.88 Å². The second kappa shape index (κ2) is 4.89. The predicted octanol–water partition coefficient (Wildman–Crippen LogP) is 2.82. The van der Waals surface area contributed by atoms with E-state index in [0.717, 1.165) is 10.0 Å². The fraction of sp³-hybridized carbons (Fsp3) is 0.0909. The lowest BCUT2D eigenvalue weighted by Gasteiger charge is -2.04. The largest absolute Gasteiger partial charge is 0.473 e. The van der Waals surface area contributed by atoms with Gasteiger partial charge in [0.2, 0.25) is 5.88 Å². The molecule has 0 aliphatic heterocycles. The minimum Gasteiger partial charge on any atom is -0.473 e. The second-order valence-electron chi connectivity index (χ2n) is 2.96. The third kappa shape index (κ3) is 3.02. The Bertz CT molecular complexity index is 434. The van der Waals surface area contributed by atoms with Crippen molar-refractivity contribution in [1.82, 2.24) is 9.97 Å². The third-order valence-corrected chi connectivity index (χ3v) is 2.33. The first-order chi connectivity index (χ1) is 7.34. The highest BCUT2D eigenvalue weighted by Gasteiger charge is 1.97. The Morgan fingerprint density at radius 2 is 1.93 bits per heavy atom. The van der Waals surface area contributed by atoms with E-state index in [0.29, 0.717) is 12.5 Å². The summed E-state index contributed by atoms with van der Waals surface area (Å²) >= 11 is 3.36. The highest BCUT2D eigenvalue weighted by atomic mass is 79.9. The molecule has 0 spiro atoms. The van der Waals surface area contributed by atoms with Gasteiger partial charge < -0.3 is 4.74 Å². The van der Waals surface area contributed by atoms with Gasteiger partial charge in [-0.25, -0.2) is 4.98 Å². The van der Waals surface area contributed by atoms with Crippen LogP contribution in [0.2, 0.25) is 0 Å². The van der Waals surface area contributed by atoms with Crippen molar-refractivity contribution in [3.63, 3.8) is 0 Å². The molecule has 15 heavy (non-hydrogen) atoms. The molecular weight excluding hydrogens is 256 g/mol. The summed E-state index contributed by atoms with van der Waals surface area (Å²) in [5.41, 5.74) is 1.08.